The van der Waals surface area contributed by atoms with E-state index in [0.29, 0.717) is 60.7 Å². The number of fused-ring (bicyclic) bond motifs is 2. The lowest BCUT2D eigenvalue weighted by Gasteiger charge is -2.42. The van der Waals surface area contributed by atoms with E-state index in [0.717, 1.165) is 53.4 Å². The van der Waals surface area contributed by atoms with Gasteiger partial charge in [0.2, 0.25) is 5.91 Å². The smallest absolute Gasteiger partial charge is 0.318 e. The Bertz CT molecular complexity index is 2240. The minimum absolute atomic E-state index is 0.0606. The molecule has 0 spiro atoms. The minimum atomic E-state index is -3.04. The van der Waals surface area contributed by atoms with Crippen LogP contribution in [0.25, 0.3) is 10.8 Å². The molecule has 7 rings (SSSR count). The summed E-state index contributed by atoms with van der Waals surface area (Å²) in [5.41, 5.74) is 7.05. The third kappa shape index (κ3) is 9.53. The fourth-order valence-corrected chi connectivity index (χ4v) is 15.6. The number of aromatic nitrogens is 2. The quantitative estimate of drug-likeness (QED) is 0.0968. The van der Waals surface area contributed by atoms with Crippen LogP contribution in [0.4, 0.5) is 14.6 Å². The van der Waals surface area contributed by atoms with Crippen molar-refractivity contribution in [3.63, 3.8) is 0 Å². The van der Waals surface area contributed by atoms with Gasteiger partial charge in [-0.15, -0.1) is 5.54 Å². The Hall–Kier alpha value is -4.44. The summed E-state index contributed by atoms with van der Waals surface area (Å²) in [4.78, 5) is 29.3. The van der Waals surface area contributed by atoms with Crippen molar-refractivity contribution in [2.24, 2.45) is 5.41 Å². The highest BCUT2D eigenvalue weighted by Gasteiger charge is 2.71. The van der Waals surface area contributed by atoms with Gasteiger partial charge in [0.05, 0.1) is 55.1 Å². The molecule has 2 aromatic carbocycles. The molecule has 1 saturated carbocycles. The van der Waals surface area contributed by atoms with Crippen molar-refractivity contribution >= 4 is 30.6 Å². The summed E-state index contributed by atoms with van der Waals surface area (Å²) in [5, 5.41) is 21.9. The Kier molecular flexibility index (Phi) is 14.3. The highest BCUT2D eigenvalue weighted by atomic mass is 28.3. The largest absolute Gasteiger partial charge is 0.462 e. The van der Waals surface area contributed by atoms with E-state index in [1.807, 2.05) is 17.0 Å². The first kappa shape index (κ1) is 46.5. The number of methoxy groups -OCH3 is 1. The average molecular weight is 883 g/mol. The van der Waals surface area contributed by atoms with Gasteiger partial charge >= 0.3 is 6.01 Å². The number of carbonyl (C=O) groups excluding carboxylic acids is 1. The van der Waals surface area contributed by atoms with E-state index in [9.17, 15) is 23.9 Å². The van der Waals surface area contributed by atoms with E-state index in [4.69, 9.17) is 24.2 Å². The third-order valence-electron chi connectivity index (χ3n) is 14.3. The van der Waals surface area contributed by atoms with Gasteiger partial charge in [-0.05, 0) is 46.5 Å². The van der Waals surface area contributed by atoms with Crippen LogP contribution in [0, 0.1) is 28.2 Å². The van der Waals surface area contributed by atoms with Gasteiger partial charge in [-0.25, -0.2) is 8.78 Å². The molecule has 1 aromatic heterocycles. The van der Waals surface area contributed by atoms with Crippen molar-refractivity contribution < 1.29 is 32.9 Å². The van der Waals surface area contributed by atoms with Crippen molar-refractivity contribution in [2.75, 3.05) is 64.5 Å². The SMILES string of the molecule is COC1CCN(C/C=C/C(=O)N2CCN(c3nc(OC[C@]4(CO)CC4(F)F)nc4c3COC(c3cccc5cccc(C#C[Si](C(C)C)(C(C)C)C(C)C)c35)C4)C[C@@H]2CC#N)CC1. The maximum atomic E-state index is 14.5. The van der Waals surface area contributed by atoms with Crippen LogP contribution in [0.3, 0.4) is 0 Å². The Morgan fingerprint density at radius 3 is 2.38 bits per heavy atom. The zero-order valence-electron chi connectivity index (χ0n) is 38.0. The molecule has 2 saturated heterocycles. The van der Waals surface area contributed by atoms with Gasteiger partial charge < -0.3 is 29.1 Å². The number of nitrogens with zero attached hydrogens (tertiary/aromatic N) is 6. The normalized spacial score (nSPS) is 23.0. The first-order valence-electron chi connectivity index (χ1n) is 22.7. The standard InChI is InChI=1S/C49H64F2N6O5Si/c1-33(2)63(34(3)4,35(5)6)26-19-37-12-8-11-36-13-9-14-40(45(36)37)43-27-42-41(29-61-43)46(54-47(53-42)62-32-48(31-58)30-49(48,50)51)56-24-25-57(38(28-56)16-20-52)44(59)15-10-21-55-22-17-39(60-7)18-23-55/h8-15,33-35,38-39,43,58H,16-18,21-25,27-32H2,1-7H3/b15-10+/t38-,43?,48+/m0/s1. The lowest BCUT2D eigenvalue weighted by atomic mass is 9.92. The molecule has 0 radical (unpaired) electrons. The van der Waals surface area contributed by atoms with Crippen LogP contribution >= 0.6 is 0 Å². The Labute approximate surface area is 372 Å². The molecule has 1 aliphatic carbocycles. The number of aliphatic hydroxyl groups excluding tert-OH is 1. The predicted molar refractivity (Wildman–Crippen MR) is 243 cm³/mol. The van der Waals surface area contributed by atoms with E-state index in [2.05, 4.69) is 94.3 Å². The number of anilines is 1. The molecule has 3 aromatic rings. The zero-order valence-corrected chi connectivity index (χ0v) is 39.0. The van der Waals surface area contributed by atoms with Crippen LogP contribution in [0.1, 0.15) is 95.7 Å². The fraction of sp³-hybridized carbons (Fsp3) is 0.592. The molecule has 4 aliphatic rings. The molecule has 0 bridgehead atoms. The predicted octanol–water partition coefficient (Wildman–Crippen LogP) is 8.01. The Balaban J connectivity index is 1.18. The van der Waals surface area contributed by atoms with E-state index >= 15 is 0 Å². The van der Waals surface area contributed by atoms with Gasteiger partial charge in [-0.2, -0.15) is 15.2 Å². The van der Waals surface area contributed by atoms with Gasteiger partial charge in [0.25, 0.3) is 5.92 Å². The Morgan fingerprint density at radius 2 is 1.75 bits per heavy atom. The summed E-state index contributed by atoms with van der Waals surface area (Å²) in [6.07, 6.45) is 5.31. The van der Waals surface area contributed by atoms with Crippen molar-refractivity contribution in [3.05, 3.63) is 70.9 Å². The van der Waals surface area contributed by atoms with Crippen molar-refractivity contribution in [2.45, 2.75) is 121 Å². The topological polar surface area (TPSA) is 124 Å². The number of ether oxygens (including phenoxy) is 3. The van der Waals surface area contributed by atoms with Crippen LogP contribution < -0.4 is 9.64 Å². The molecule has 63 heavy (non-hydrogen) atoms. The van der Waals surface area contributed by atoms with Crippen LogP contribution in [0.2, 0.25) is 16.6 Å². The molecule has 1 N–H and O–H groups in total. The molecule has 1 amide bonds. The number of hydrogen-bond acceptors (Lipinski definition) is 10. The summed E-state index contributed by atoms with van der Waals surface area (Å²) in [6, 6.07) is 14.2. The summed E-state index contributed by atoms with van der Waals surface area (Å²) < 4.78 is 47.1. The highest BCUT2D eigenvalue weighted by Crippen LogP contribution is 2.60. The molecule has 14 heteroatoms. The van der Waals surface area contributed by atoms with Crippen LogP contribution in [0.5, 0.6) is 6.01 Å². The number of rotatable bonds is 14. The number of likely N-dealkylation sites (tertiary alicyclic amines) is 1. The lowest BCUT2D eigenvalue weighted by Crippen LogP contribution is -2.55. The van der Waals surface area contributed by atoms with E-state index < -0.39 is 51.2 Å². The summed E-state index contributed by atoms with van der Waals surface area (Å²) in [6.45, 7) is 16.5. The molecule has 11 nitrogen and oxygen atoms in total. The van der Waals surface area contributed by atoms with Crippen molar-refractivity contribution in [1.82, 2.24) is 19.8 Å². The first-order valence-corrected chi connectivity index (χ1v) is 24.9. The number of benzene rings is 2. The number of hydrogen-bond donors (Lipinski definition) is 1. The van der Waals surface area contributed by atoms with E-state index in [1.54, 1.807) is 18.1 Å². The number of amides is 1. The second-order valence-corrected chi connectivity index (χ2v) is 24.5. The fourth-order valence-electron chi connectivity index (χ4n) is 10.4. The number of aliphatic hydroxyl groups is 1. The van der Waals surface area contributed by atoms with Crippen LogP contribution in [-0.2, 0) is 27.3 Å². The number of carbonyl (C=O) groups is 1. The minimum Gasteiger partial charge on any atom is -0.462 e. The summed E-state index contributed by atoms with van der Waals surface area (Å²) in [5.74, 6) is 1.03. The third-order valence-corrected chi connectivity index (χ3v) is 20.6. The number of piperidine rings is 1. The summed E-state index contributed by atoms with van der Waals surface area (Å²) >= 11 is 0. The highest BCUT2D eigenvalue weighted by molar-refractivity contribution is 6.90. The zero-order chi connectivity index (χ0) is 45.1. The van der Waals surface area contributed by atoms with Gasteiger partial charge in [0.15, 0.2) is 0 Å². The number of piperazine rings is 1. The number of nitriles is 1. The van der Waals surface area contributed by atoms with Crippen LogP contribution in [0.15, 0.2) is 48.6 Å². The Morgan fingerprint density at radius 1 is 1.05 bits per heavy atom. The molecular formula is C49H64F2N6O5Si. The second kappa shape index (κ2) is 19.3. The van der Waals surface area contributed by atoms with Crippen molar-refractivity contribution in [3.8, 4) is 23.5 Å². The summed E-state index contributed by atoms with van der Waals surface area (Å²) in [7, 11) is -0.291. The monoisotopic (exact) mass is 882 g/mol. The molecule has 4 heterocycles. The second-order valence-electron chi connectivity index (χ2n) is 18.9. The van der Waals surface area contributed by atoms with Gasteiger partial charge in [-0.3, -0.25) is 9.69 Å². The number of alkyl halides is 2. The number of halogens is 2. The molecule has 3 atom stereocenters. The van der Waals surface area contributed by atoms with E-state index in [1.165, 1.54) is 0 Å². The molecule has 338 valence electrons. The molecule has 3 fully saturated rings. The van der Waals surface area contributed by atoms with Gasteiger partial charge in [-0.1, -0.05) is 83.9 Å². The van der Waals surface area contributed by atoms with Crippen LogP contribution in [-0.4, -0.2) is 117 Å². The molecular weight excluding hydrogens is 819 g/mol. The van der Waals surface area contributed by atoms with Crippen molar-refractivity contribution in [1.29, 1.82) is 5.26 Å². The average Bonchev–Trinajstić information content (AvgIpc) is 3.84. The van der Waals surface area contributed by atoms with Gasteiger partial charge in [0, 0.05) is 81.8 Å². The maximum absolute atomic E-state index is 14.5. The van der Waals surface area contributed by atoms with Gasteiger partial charge in [0.1, 0.15) is 20.5 Å². The first-order chi connectivity index (χ1) is 30.2. The molecule has 1 unspecified atom stereocenters. The van der Waals surface area contributed by atoms with E-state index in [-0.39, 0.29) is 31.0 Å². The lowest BCUT2D eigenvalue weighted by molar-refractivity contribution is -0.128. The maximum Gasteiger partial charge on any atom is 0.318 e. The molecule has 3 aliphatic heterocycles.